The Morgan fingerprint density at radius 3 is 0.947 bits per heavy atom. The van der Waals surface area contributed by atoms with Crippen LogP contribution in [0.3, 0.4) is 0 Å². The molecular weight excluding hydrogens is 2110 g/mol. The van der Waals surface area contributed by atoms with Crippen molar-refractivity contribution in [2.45, 2.75) is 397 Å². The molecule has 11 fully saturated rings. The number of amides is 6. The molecule has 150 heavy (non-hydrogen) atoms. The molecule has 866 valence electrons. The van der Waals surface area contributed by atoms with Gasteiger partial charge >= 0.3 is 0 Å². The van der Waals surface area contributed by atoms with Gasteiger partial charge in [0.05, 0.1) is 115 Å². The van der Waals surface area contributed by atoms with Crippen molar-refractivity contribution in [2.24, 2.45) is 23.3 Å². The SMILES string of the molecule is CC(=O)NC1C(O)[C@H](O[C@@H]2OC(CO[C@]3(C(N)=O)C[C@@H](O)[C@@H](C)C([C@H](O)C(O)CO)O3)[C@H](O)[C@H](O)C2O)[C@H](CO)O[C@H]1OC1[C@@H](OCC2O[C@@H](O[C@@H]3C(CO)O[C@@H](O[C@@H]4C(CO)O[C@@H](CC(=O)CBr)C(NC(C)=O)[C@H]4O)C(NC(C)=O)[C@H]3O)C(O)[C@@H](O[C@H]3OC(CO)[C@@H](O)C(O)C3O[C@@H]3OC(CO)[C@@H](O[C@@H]4OC(CO[C@]5(C(N)=O)C[C@@H](O)[C@@H](C)C([C@H](O)C(O)CO)O5)[C@H](O)[C@H](O)C4O)[C@H](O)C3NC(C)=O)[C@@H]2O)OC(CO)[C@@H](O)[C@@H]1O. The number of Topliss-reactive ketones (excluding diaryl/α,β-unsaturated/α-hetero) is 1. The molecule has 23 unspecified atom stereocenters. The Kier molecular flexibility index (Phi) is 45.2. The number of aliphatic hydroxyl groups is 30. The van der Waals surface area contributed by atoms with Crippen molar-refractivity contribution in [2.75, 3.05) is 78.0 Å². The number of ether oxygens (including phenoxy) is 21. The second-order valence-corrected chi connectivity index (χ2v) is 39.1. The number of carbonyl (C=O) groups excluding carboxylic acids is 7. The van der Waals surface area contributed by atoms with Gasteiger partial charge in [0.1, 0.15) is 244 Å². The van der Waals surface area contributed by atoms with Gasteiger partial charge < -0.3 is 285 Å². The Morgan fingerprint density at radius 1 is 0.320 bits per heavy atom. The summed E-state index contributed by atoms with van der Waals surface area (Å²) in [6, 6.07) is -7.72. The zero-order valence-electron chi connectivity index (χ0n) is 81.2. The van der Waals surface area contributed by atoms with Crippen molar-refractivity contribution >= 4 is 57.2 Å². The predicted molar refractivity (Wildman–Crippen MR) is 474 cm³/mol. The maximum atomic E-state index is 13.3. The van der Waals surface area contributed by atoms with E-state index >= 15 is 0 Å². The fourth-order valence-electron chi connectivity index (χ4n) is 19.6. The standard InChI is InChI=1S/C85H141BrN6O58/c1-22-29(106)8-84(82(87)128,149-65(22)47(110)31(108)11-93)131-20-41-51(114)58(121)62(125)77(140-41)143-68-37(16-98)137-75(45(56(68)119)91-26(5)103)147-72-60(123)49(112)34(13-95)134-80(72)130-19-40-53(116)71(64(127)79(139-40)145-70-39(18-100)136-74(44(55(70)118)90-25(4)102)142-67-36(15-97)133-33(7-28(105)10-86)43(54(67)117)89-24(3)101)146-81-73(61(124)50(113)35(14-96)135-81)148-76-46(92-27(6)104)57(120)69(38(17-99)138-76)144-78-63(126)59(122)52(115)42(141-78)21-132-85(83(88)129)9-30(107)23(2)66(150-85)48(111)32(109)12-94/h22-23,29-81,93-100,106-127H,7-21H2,1-6H3,(H2,87,128)(H2,88,129)(H,89,101)(H,90,102)(H,91,103)(H,92,104)/t22-,23-,29-,30-,31?,32?,33+,34?,35?,36?,37+,38?,39?,40?,41?,42?,43?,44?,45?,46?,47-,48-,49-,50-,51+,52+,53-,54-,55-,56?,57-,58+,59+,60+,61?,62?,63?,64?,65?,66?,67-,68-,69-,70-,71+,72?,73?,74+,75+,76+,77+,78+,79+,80+,81-,84-,85-/m1/s1. The monoisotopic (exact) mass is 2250 g/mol. The van der Waals surface area contributed by atoms with Crippen LogP contribution >= 0.6 is 15.9 Å². The largest absolute Gasteiger partial charge is 0.394 e. The van der Waals surface area contributed by atoms with Crippen LogP contribution in [0.4, 0.5) is 0 Å². The molecule has 0 spiro atoms. The van der Waals surface area contributed by atoms with E-state index in [0.717, 1.165) is 27.7 Å². The Balaban J connectivity index is 0.896. The number of hydrogen-bond acceptors (Lipinski definition) is 58. The number of alkyl halides is 1. The average molecular weight is 2250 g/mol. The number of primary amides is 2. The van der Waals surface area contributed by atoms with Crippen molar-refractivity contribution in [3.05, 3.63) is 0 Å². The van der Waals surface area contributed by atoms with Gasteiger partial charge in [-0.05, 0) is 0 Å². The van der Waals surface area contributed by atoms with Crippen molar-refractivity contribution in [3.8, 4) is 0 Å². The number of rotatable bonds is 44. The molecule has 65 heteroatoms. The second kappa shape index (κ2) is 54.2. The van der Waals surface area contributed by atoms with E-state index in [1.165, 1.54) is 13.8 Å². The van der Waals surface area contributed by atoms with Crippen molar-refractivity contribution in [3.63, 3.8) is 0 Å². The topological polar surface area (TPSA) is 1020 Å². The van der Waals surface area contributed by atoms with Crippen LogP contribution in [0.1, 0.15) is 60.8 Å². The fraction of sp³-hybridized carbons (Fsp3) is 0.918. The van der Waals surface area contributed by atoms with Gasteiger partial charge in [-0.25, -0.2) is 0 Å². The molecule has 0 bridgehead atoms. The van der Waals surface area contributed by atoms with Crippen LogP contribution in [0.25, 0.3) is 0 Å². The first kappa shape index (κ1) is 125. The van der Waals surface area contributed by atoms with E-state index in [9.17, 15) is 187 Å². The third-order valence-corrected chi connectivity index (χ3v) is 28.7. The van der Waals surface area contributed by atoms with Gasteiger partial charge in [0.25, 0.3) is 23.4 Å². The van der Waals surface area contributed by atoms with Crippen molar-refractivity contribution in [1.29, 1.82) is 0 Å². The highest BCUT2D eigenvalue weighted by molar-refractivity contribution is 9.09. The summed E-state index contributed by atoms with van der Waals surface area (Å²) in [5.41, 5.74) is 11.4. The Morgan fingerprint density at radius 2 is 0.607 bits per heavy atom. The molecule has 0 radical (unpaired) electrons. The molecule has 0 aromatic rings. The molecule has 64 nitrogen and oxygen atoms in total. The van der Waals surface area contributed by atoms with E-state index in [4.69, 9.17) is 111 Å². The maximum absolute atomic E-state index is 13.3. The van der Waals surface area contributed by atoms with Crippen LogP contribution in [0, 0.1) is 11.8 Å². The molecule has 38 N–H and O–H groups in total. The Hall–Kier alpha value is -5.07. The molecule has 11 aliphatic rings. The summed E-state index contributed by atoms with van der Waals surface area (Å²) in [6.45, 7) is -6.52. The smallest absolute Gasteiger partial charge is 0.277 e. The highest BCUT2D eigenvalue weighted by Crippen LogP contribution is 2.45. The van der Waals surface area contributed by atoms with Crippen LogP contribution < -0.4 is 32.7 Å². The third kappa shape index (κ3) is 27.8. The molecule has 0 aromatic heterocycles. The summed E-state index contributed by atoms with van der Waals surface area (Å²) >= 11 is 3.04. The minimum atomic E-state index is -2.75. The van der Waals surface area contributed by atoms with E-state index < -0.39 is 481 Å². The number of ketones is 1. The lowest BCUT2D eigenvalue weighted by molar-refractivity contribution is -0.399. The molecule has 0 aromatic carbocycles. The third-order valence-electron chi connectivity index (χ3n) is 28.1. The number of nitrogens with one attached hydrogen (secondary N) is 4. The summed E-state index contributed by atoms with van der Waals surface area (Å²) in [5.74, 6) is -14.9. The average Bonchev–Trinajstić information content (AvgIpc) is 0.772. The lowest BCUT2D eigenvalue weighted by Gasteiger charge is -2.51. The number of carbonyl (C=O) groups is 7. The summed E-state index contributed by atoms with van der Waals surface area (Å²) < 4.78 is 127. The number of aliphatic hydroxyl groups excluding tert-OH is 30. The zero-order valence-corrected chi connectivity index (χ0v) is 82.8. The number of hydrogen-bond donors (Lipinski definition) is 36. The molecule has 11 heterocycles. The van der Waals surface area contributed by atoms with E-state index in [2.05, 4.69) is 37.2 Å². The lowest BCUT2D eigenvalue weighted by atomic mass is 9.84. The molecule has 11 saturated heterocycles. The van der Waals surface area contributed by atoms with Crippen molar-refractivity contribution in [1.82, 2.24) is 21.3 Å². The van der Waals surface area contributed by atoms with E-state index in [1.54, 1.807) is 0 Å². The Labute approximate surface area is 859 Å². The molecule has 11 aliphatic heterocycles. The molecule has 0 saturated carbocycles. The minimum Gasteiger partial charge on any atom is -0.394 e. The van der Waals surface area contributed by atoms with Crippen LogP contribution in [-0.2, 0) is 133 Å². The summed E-state index contributed by atoms with van der Waals surface area (Å²) in [5, 5.41) is 349. The molecule has 0 aliphatic carbocycles. The van der Waals surface area contributed by atoms with E-state index in [0.29, 0.717) is 0 Å². The minimum absolute atomic E-state index is 0.228. The quantitative estimate of drug-likeness (QED) is 0.0252. The first-order valence-electron chi connectivity index (χ1n) is 48.0. The first-order valence-corrected chi connectivity index (χ1v) is 49.1. The van der Waals surface area contributed by atoms with Gasteiger partial charge in [-0.3, -0.25) is 33.6 Å². The van der Waals surface area contributed by atoms with Crippen molar-refractivity contribution < 1.29 is 286 Å². The summed E-state index contributed by atoms with van der Waals surface area (Å²) in [7, 11) is 0. The number of halogens is 1. The normalized spacial score (nSPS) is 46.6. The van der Waals surface area contributed by atoms with Crippen LogP contribution in [-0.4, -0.2) is 609 Å². The first-order chi connectivity index (χ1) is 70.7. The van der Waals surface area contributed by atoms with Gasteiger partial charge in [0.15, 0.2) is 50.3 Å². The zero-order chi connectivity index (χ0) is 111. The molecular formula is C85H141BrN6O58. The Bertz CT molecular complexity index is 4310. The van der Waals surface area contributed by atoms with Gasteiger partial charge in [-0.2, -0.15) is 0 Å². The summed E-state index contributed by atoms with van der Waals surface area (Å²) in [6.07, 6.45) is -108. The van der Waals surface area contributed by atoms with Gasteiger partial charge in [-0.1, -0.05) is 29.8 Å². The molecule has 57 atom stereocenters. The fourth-order valence-corrected chi connectivity index (χ4v) is 19.8. The van der Waals surface area contributed by atoms with E-state index in [1.807, 2.05) is 0 Å². The van der Waals surface area contributed by atoms with E-state index in [-0.39, 0.29) is 5.33 Å². The van der Waals surface area contributed by atoms with Crippen LogP contribution in [0.15, 0.2) is 0 Å². The number of nitrogens with two attached hydrogens (primary N) is 2. The summed E-state index contributed by atoms with van der Waals surface area (Å²) in [4.78, 5) is 91.7. The second-order valence-electron chi connectivity index (χ2n) is 38.6. The maximum Gasteiger partial charge on any atom is 0.277 e. The van der Waals surface area contributed by atoms with Gasteiger partial charge in [0, 0.05) is 58.8 Å². The molecule has 6 amide bonds. The molecule has 11 rings (SSSR count). The lowest BCUT2D eigenvalue weighted by Crippen LogP contribution is -2.71. The predicted octanol–water partition coefficient (Wildman–Crippen LogP) is -23.2. The van der Waals surface area contributed by atoms with Gasteiger partial charge in [0.2, 0.25) is 23.6 Å². The highest BCUT2D eigenvalue weighted by Gasteiger charge is 2.64. The highest BCUT2D eigenvalue weighted by atomic mass is 79.9. The van der Waals surface area contributed by atoms with Crippen LogP contribution in [0.2, 0.25) is 0 Å². The van der Waals surface area contributed by atoms with Gasteiger partial charge in [-0.15, -0.1) is 0 Å². The van der Waals surface area contributed by atoms with Crippen LogP contribution in [0.5, 0.6) is 0 Å².